The van der Waals surface area contributed by atoms with Crippen LogP contribution < -0.4 is 5.32 Å². The highest BCUT2D eigenvalue weighted by molar-refractivity contribution is 6.30. The molecule has 0 fully saturated rings. The molecular weight excluding hydrogens is 308 g/mol. The normalized spacial score (nSPS) is 10.1. The molecule has 8 heteroatoms. The fraction of sp³-hybridized carbons (Fsp3) is 0.143. The van der Waals surface area contributed by atoms with Gasteiger partial charge in [0.05, 0.1) is 12.3 Å². The summed E-state index contributed by atoms with van der Waals surface area (Å²) in [6, 6.07) is 6.66. The number of carbonyl (C=O) groups is 2. The Bertz CT molecular complexity index is 709. The van der Waals surface area contributed by atoms with E-state index in [9.17, 15) is 9.59 Å². The summed E-state index contributed by atoms with van der Waals surface area (Å²) in [6.45, 7) is 5.22. The van der Waals surface area contributed by atoms with E-state index in [1.807, 2.05) is 0 Å². The molecule has 0 aliphatic rings. The minimum atomic E-state index is -0.679. The summed E-state index contributed by atoms with van der Waals surface area (Å²) < 4.78 is 6.21. The number of hydrogen-bond acceptors (Lipinski definition) is 5. The number of rotatable bonds is 5. The van der Waals surface area contributed by atoms with E-state index in [-0.39, 0.29) is 18.1 Å². The number of nitrogens with one attached hydrogen (secondary N) is 1. The first-order chi connectivity index (χ1) is 10.6. The van der Waals surface area contributed by atoms with Crippen molar-refractivity contribution in [2.24, 2.45) is 0 Å². The molecular formula is C14H13ClN4O3. The zero-order valence-electron chi connectivity index (χ0n) is 11.7. The van der Waals surface area contributed by atoms with Gasteiger partial charge in [-0.15, -0.1) is 5.10 Å². The second-order valence-corrected chi connectivity index (χ2v) is 4.53. The summed E-state index contributed by atoms with van der Waals surface area (Å²) in [5.74, 6) is -1.07. The predicted molar refractivity (Wildman–Crippen MR) is 81.2 cm³/mol. The van der Waals surface area contributed by atoms with Gasteiger partial charge in [-0.1, -0.05) is 23.4 Å². The van der Waals surface area contributed by atoms with Crippen molar-refractivity contribution in [1.29, 1.82) is 0 Å². The third-order valence-electron chi connectivity index (χ3n) is 2.64. The Balaban J connectivity index is 2.49. The number of carbonyl (C=O) groups excluding carboxylic acids is 2. The highest BCUT2D eigenvalue weighted by Crippen LogP contribution is 2.20. The number of esters is 1. The third-order valence-corrected chi connectivity index (χ3v) is 2.89. The van der Waals surface area contributed by atoms with Gasteiger partial charge in [0, 0.05) is 5.02 Å². The molecule has 0 radical (unpaired) electrons. The van der Waals surface area contributed by atoms with Crippen LogP contribution in [0.5, 0.6) is 0 Å². The average molecular weight is 321 g/mol. The van der Waals surface area contributed by atoms with Gasteiger partial charge in [-0.2, -0.15) is 4.68 Å². The highest BCUT2D eigenvalue weighted by Gasteiger charge is 2.22. The summed E-state index contributed by atoms with van der Waals surface area (Å²) in [4.78, 5) is 23.5. The van der Waals surface area contributed by atoms with E-state index in [4.69, 9.17) is 16.3 Å². The molecule has 2 rings (SSSR count). The van der Waals surface area contributed by atoms with Crippen molar-refractivity contribution in [3.63, 3.8) is 0 Å². The van der Waals surface area contributed by atoms with Crippen LogP contribution in [0.15, 0.2) is 36.9 Å². The molecule has 1 amide bonds. The van der Waals surface area contributed by atoms with Gasteiger partial charge < -0.3 is 10.1 Å². The Labute approximate surface area is 131 Å². The number of aromatic nitrogens is 3. The SMILES string of the molecule is C=CC(=O)Nc1c(C(=O)OCC)nnn1-c1ccc(Cl)cc1. The van der Waals surface area contributed by atoms with Gasteiger partial charge in [-0.3, -0.25) is 4.79 Å². The number of halogens is 1. The smallest absolute Gasteiger partial charge is 0.362 e. The monoisotopic (exact) mass is 320 g/mol. The van der Waals surface area contributed by atoms with E-state index in [1.165, 1.54) is 4.68 Å². The number of benzene rings is 1. The van der Waals surface area contributed by atoms with E-state index in [0.29, 0.717) is 10.7 Å². The molecule has 0 aliphatic carbocycles. The van der Waals surface area contributed by atoms with E-state index in [2.05, 4.69) is 22.2 Å². The van der Waals surface area contributed by atoms with Gasteiger partial charge in [0.1, 0.15) is 0 Å². The molecule has 22 heavy (non-hydrogen) atoms. The lowest BCUT2D eigenvalue weighted by molar-refractivity contribution is -0.111. The molecule has 0 saturated heterocycles. The van der Waals surface area contributed by atoms with Crippen LogP contribution in [-0.4, -0.2) is 33.5 Å². The van der Waals surface area contributed by atoms with Crippen LogP contribution in [-0.2, 0) is 9.53 Å². The molecule has 1 aromatic carbocycles. The molecule has 114 valence electrons. The van der Waals surface area contributed by atoms with Gasteiger partial charge in [-0.25, -0.2) is 4.79 Å². The molecule has 1 aromatic heterocycles. The zero-order chi connectivity index (χ0) is 16.1. The summed E-state index contributed by atoms with van der Waals surface area (Å²) in [6.07, 6.45) is 1.08. The van der Waals surface area contributed by atoms with Crippen molar-refractivity contribution in [3.05, 3.63) is 47.6 Å². The number of ether oxygens (including phenoxy) is 1. The molecule has 2 aromatic rings. The van der Waals surface area contributed by atoms with Crippen LogP contribution in [0.25, 0.3) is 5.69 Å². The lowest BCUT2D eigenvalue weighted by Crippen LogP contribution is -2.16. The molecule has 7 nitrogen and oxygen atoms in total. The Hall–Kier alpha value is -2.67. The van der Waals surface area contributed by atoms with E-state index >= 15 is 0 Å². The Kier molecular flexibility index (Phi) is 4.90. The molecule has 0 atom stereocenters. The maximum atomic E-state index is 11.9. The molecule has 1 N–H and O–H groups in total. The first kappa shape index (κ1) is 15.7. The number of hydrogen-bond donors (Lipinski definition) is 1. The molecule has 0 bridgehead atoms. The maximum absolute atomic E-state index is 11.9. The van der Waals surface area contributed by atoms with Crippen LogP contribution in [0.3, 0.4) is 0 Å². The summed E-state index contributed by atoms with van der Waals surface area (Å²) in [7, 11) is 0. The summed E-state index contributed by atoms with van der Waals surface area (Å²) >= 11 is 5.84. The first-order valence-electron chi connectivity index (χ1n) is 6.39. The van der Waals surface area contributed by atoms with Crippen LogP contribution >= 0.6 is 11.6 Å². The van der Waals surface area contributed by atoms with Crippen LogP contribution in [0.4, 0.5) is 5.82 Å². The standard InChI is InChI=1S/C14H13ClN4O3/c1-3-11(20)16-13-12(14(21)22-4-2)17-18-19(13)10-7-5-9(15)6-8-10/h3,5-8H,1,4H2,2H3,(H,16,20). The quantitative estimate of drug-likeness (QED) is 0.674. The van der Waals surface area contributed by atoms with Gasteiger partial charge in [-0.05, 0) is 37.3 Å². The van der Waals surface area contributed by atoms with E-state index < -0.39 is 11.9 Å². The van der Waals surface area contributed by atoms with Crippen molar-refractivity contribution in [1.82, 2.24) is 15.0 Å². The Morgan fingerprint density at radius 1 is 1.41 bits per heavy atom. The topological polar surface area (TPSA) is 86.1 Å². The lowest BCUT2D eigenvalue weighted by Gasteiger charge is -2.08. The first-order valence-corrected chi connectivity index (χ1v) is 6.76. The van der Waals surface area contributed by atoms with Gasteiger partial charge in [0.2, 0.25) is 11.6 Å². The fourth-order valence-corrected chi connectivity index (χ4v) is 1.79. The van der Waals surface area contributed by atoms with Crippen molar-refractivity contribution < 1.29 is 14.3 Å². The van der Waals surface area contributed by atoms with E-state index in [1.54, 1.807) is 31.2 Å². The predicted octanol–water partition coefficient (Wildman–Crippen LogP) is 2.22. The minimum Gasteiger partial charge on any atom is -0.461 e. The second kappa shape index (κ2) is 6.86. The fourth-order valence-electron chi connectivity index (χ4n) is 1.66. The molecule has 0 spiro atoms. The van der Waals surface area contributed by atoms with Crippen molar-refractivity contribution in [2.75, 3.05) is 11.9 Å². The Morgan fingerprint density at radius 3 is 2.68 bits per heavy atom. The van der Waals surface area contributed by atoms with Crippen LogP contribution in [0.1, 0.15) is 17.4 Å². The van der Waals surface area contributed by atoms with Gasteiger partial charge >= 0.3 is 5.97 Å². The van der Waals surface area contributed by atoms with Crippen LogP contribution in [0.2, 0.25) is 5.02 Å². The number of amides is 1. The molecule has 1 heterocycles. The van der Waals surface area contributed by atoms with Crippen molar-refractivity contribution in [3.8, 4) is 5.69 Å². The van der Waals surface area contributed by atoms with E-state index in [0.717, 1.165) is 6.08 Å². The lowest BCUT2D eigenvalue weighted by atomic mass is 10.3. The zero-order valence-corrected chi connectivity index (χ0v) is 12.5. The van der Waals surface area contributed by atoms with Crippen molar-refractivity contribution >= 4 is 29.3 Å². The minimum absolute atomic E-state index is 0.0907. The largest absolute Gasteiger partial charge is 0.461 e. The number of anilines is 1. The Morgan fingerprint density at radius 2 is 2.09 bits per heavy atom. The maximum Gasteiger partial charge on any atom is 0.362 e. The average Bonchev–Trinajstić information content (AvgIpc) is 2.92. The summed E-state index contributed by atoms with van der Waals surface area (Å²) in [5.41, 5.74) is 0.485. The van der Waals surface area contributed by atoms with Crippen LogP contribution in [0, 0.1) is 0 Å². The highest BCUT2D eigenvalue weighted by atomic mass is 35.5. The number of nitrogens with zero attached hydrogens (tertiary/aromatic N) is 3. The summed E-state index contributed by atoms with van der Waals surface area (Å²) in [5, 5.41) is 10.7. The molecule has 0 unspecified atom stereocenters. The van der Waals surface area contributed by atoms with Gasteiger partial charge in [0.25, 0.3) is 0 Å². The molecule has 0 aliphatic heterocycles. The van der Waals surface area contributed by atoms with Gasteiger partial charge in [0.15, 0.2) is 5.82 Å². The molecule has 0 saturated carbocycles. The van der Waals surface area contributed by atoms with Crippen molar-refractivity contribution in [2.45, 2.75) is 6.92 Å². The third kappa shape index (κ3) is 3.32. The second-order valence-electron chi connectivity index (χ2n) is 4.09.